The molecule has 2 aromatic heterocycles. The zero-order valence-corrected chi connectivity index (χ0v) is 10.6. The fraction of sp³-hybridized carbons (Fsp3) is 0.125. The van der Waals surface area contributed by atoms with E-state index in [-0.39, 0.29) is 5.82 Å². The van der Waals surface area contributed by atoms with E-state index in [4.69, 9.17) is 4.42 Å². The number of rotatable bonds is 2. The van der Waals surface area contributed by atoms with Crippen molar-refractivity contribution in [2.75, 3.05) is 0 Å². The van der Waals surface area contributed by atoms with Crippen molar-refractivity contribution in [3.8, 4) is 11.8 Å². The zero-order chi connectivity index (χ0) is 13.8. The van der Waals surface area contributed by atoms with Crippen LogP contribution in [0.1, 0.15) is 18.0 Å². The second-order valence-electron chi connectivity index (χ2n) is 4.24. The molecule has 0 spiro atoms. The third kappa shape index (κ3) is 2.83. The Morgan fingerprint density at radius 1 is 1.15 bits per heavy atom. The van der Waals surface area contributed by atoms with E-state index in [9.17, 15) is 4.39 Å². The van der Waals surface area contributed by atoms with Gasteiger partial charge in [0.1, 0.15) is 17.0 Å². The standard InChI is InChI=1S/C16H11FN2O/c17-12-9-10-13(18-11-12)5-1-4-8-16-19-14-6-2-3-7-15(14)20-16/h2-3,6-7,9-11H,4,8H2. The molecule has 0 fully saturated rings. The van der Waals surface area contributed by atoms with Gasteiger partial charge in [0.05, 0.1) is 6.20 Å². The number of aromatic nitrogens is 2. The summed E-state index contributed by atoms with van der Waals surface area (Å²) in [5.74, 6) is 6.17. The number of aryl methyl sites for hydroxylation is 1. The highest BCUT2D eigenvalue weighted by Gasteiger charge is 2.03. The number of fused-ring (bicyclic) bond motifs is 1. The number of nitrogens with zero attached hydrogens (tertiary/aromatic N) is 2. The molecule has 0 atom stereocenters. The molecular formula is C16H11FN2O. The number of pyridine rings is 1. The summed E-state index contributed by atoms with van der Waals surface area (Å²) in [5.41, 5.74) is 2.20. The monoisotopic (exact) mass is 266 g/mol. The van der Waals surface area contributed by atoms with E-state index in [0.717, 1.165) is 17.3 Å². The average Bonchev–Trinajstić information content (AvgIpc) is 2.88. The Morgan fingerprint density at radius 3 is 2.85 bits per heavy atom. The summed E-state index contributed by atoms with van der Waals surface area (Å²) in [7, 11) is 0. The minimum atomic E-state index is -0.359. The normalized spacial score (nSPS) is 10.2. The summed E-state index contributed by atoms with van der Waals surface area (Å²) in [6, 6.07) is 10.5. The Labute approximate surface area is 115 Å². The summed E-state index contributed by atoms with van der Waals surface area (Å²) >= 11 is 0. The van der Waals surface area contributed by atoms with Crippen molar-refractivity contribution in [2.24, 2.45) is 0 Å². The molecule has 0 radical (unpaired) electrons. The minimum Gasteiger partial charge on any atom is -0.441 e. The second-order valence-corrected chi connectivity index (χ2v) is 4.24. The molecular weight excluding hydrogens is 255 g/mol. The van der Waals surface area contributed by atoms with Crippen LogP contribution in [0.5, 0.6) is 0 Å². The number of oxazole rings is 1. The summed E-state index contributed by atoms with van der Waals surface area (Å²) in [4.78, 5) is 8.24. The molecule has 0 amide bonds. The molecule has 1 aromatic carbocycles. The van der Waals surface area contributed by atoms with Crippen LogP contribution in [0, 0.1) is 17.7 Å². The van der Waals surface area contributed by atoms with Crippen LogP contribution in [-0.4, -0.2) is 9.97 Å². The van der Waals surface area contributed by atoms with Crippen molar-refractivity contribution in [3.63, 3.8) is 0 Å². The maximum absolute atomic E-state index is 12.7. The lowest BCUT2D eigenvalue weighted by Gasteiger charge is -1.89. The van der Waals surface area contributed by atoms with E-state index in [1.807, 2.05) is 24.3 Å². The molecule has 2 heterocycles. The lowest BCUT2D eigenvalue weighted by Crippen LogP contribution is -1.85. The molecule has 0 saturated carbocycles. The molecule has 3 rings (SSSR count). The van der Waals surface area contributed by atoms with Gasteiger partial charge in [0.15, 0.2) is 11.5 Å². The van der Waals surface area contributed by atoms with Crippen molar-refractivity contribution >= 4 is 11.1 Å². The molecule has 4 heteroatoms. The number of benzene rings is 1. The molecule has 0 bridgehead atoms. The molecule has 98 valence electrons. The number of hydrogen-bond acceptors (Lipinski definition) is 3. The van der Waals surface area contributed by atoms with Gasteiger partial charge in [0.25, 0.3) is 0 Å². The topological polar surface area (TPSA) is 38.9 Å². The second kappa shape index (κ2) is 5.54. The molecule has 0 saturated heterocycles. The number of hydrogen-bond donors (Lipinski definition) is 0. The van der Waals surface area contributed by atoms with Gasteiger partial charge in [0.2, 0.25) is 0 Å². The molecule has 0 unspecified atom stereocenters. The van der Waals surface area contributed by atoms with E-state index >= 15 is 0 Å². The van der Waals surface area contributed by atoms with Crippen LogP contribution in [0.25, 0.3) is 11.1 Å². The van der Waals surface area contributed by atoms with Gasteiger partial charge in [-0.2, -0.15) is 0 Å². The van der Waals surface area contributed by atoms with Crippen molar-refractivity contribution < 1.29 is 8.81 Å². The zero-order valence-electron chi connectivity index (χ0n) is 10.6. The quantitative estimate of drug-likeness (QED) is 0.668. The molecule has 0 aliphatic carbocycles. The first-order valence-electron chi connectivity index (χ1n) is 6.26. The lowest BCUT2D eigenvalue weighted by atomic mass is 10.3. The highest BCUT2D eigenvalue weighted by Crippen LogP contribution is 2.15. The number of halogens is 1. The fourth-order valence-corrected chi connectivity index (χ4v) is 1.80. The first-order valence-corrected chi connectivity index (χ1v) is 6.26. The summed E-state index contributed by atoms with van der Waals surface area (Å²) in [6.45, 7) is 0. The van der Waals surface area contributed by atoms with E-state index in [0.29, 0.717) is 24.4 Å². The molecule has 0 aliphatic rings. The minimum absolute atomic E-state index is 0.359. The van der Waals surface area contributed by atoms with Crippen LogP contribution < -0.4 is 0 Å². The van der Waals surface area contributed by atoms with E-state index in [1.54, 1.807) is 6.07 Å². The molecule has 0 N–H and O–H groups in total. The predicted molar refractivity (Wildman–Crippen MR) is 73.4 cm³/mol. The van der Waals surface area contributed by atoms with Gasteiger partial charge in [-0.05, 0) is 30.2 Å². The van der Waals surface area contributed by atoms with Gasteiger partial charge in [0, 0.05) is 12.8 Å². The van der Waals surface area contributed by atoms with Gasteiger partial charge >= 0.3 is 0 Å². The summed E-state index contributed by atoms with van der Waals surface area (Å²) < 4.78 is 18.3. The van der Waals surface area contributed by atoms with Crippen LogP contribution >= 0.6 is 0 Å². The van der Waals surface area contributed by atoms with Gasteiger partial charge in [-0.3, -0.25) is 0 Å². The van der Waals surface area contributed by atoms with E-state index < -0.39 is 0 Å². The smallest absolute Gasteiger partial charge is 0.196 e. The van der Waals surface area contributed by atoms with Crippen molar-refractivity contribution in [1.82, 2.24) is 9.97 Å². The van der Waals surface area contributed by atoms with Gasteiger partial charge in [-0.15, -0.1) is 0 Å². The van der Waals surface area contributed by atoms with Crippen LogP contribution in [0.15, 0.2) is 47.0 Å². The fourth-order valence-electron chi connectivity index (χ4n) is 1.80. The maximum Gasteiger partial charge on any atom is 0.196 e. The summed E-state index contributed by atoms with van der Waals surface area (Å²) in [6.07, 6.45) is 2.42. The molecule has 3 nitrogen and oxygen atoms in total. The maximum atomic E-state index is 12.7. The number of para-hydroxylation sites is 2. The van der Waals surface area contributed by atoms with Gasteiger partial charge in [-0.1, -0.05) is 18.1 Å². The Kier molecular flexibility index (Phi) is 3.42. The third-order valence-electron chi connectivity index (χ3n) is 2.75. The van der Waals surface area contributed by atoms with Crippen LogP contribution in [0.3, 0.4) is 0 Å². The highest BCUT2D eigenvalue weighted by atomic mass is 19.1. The SMILES string of the molecule is Fc1ccc(C#CCCc2nc3ccccc3o2)nc1. The largest absolute Gasteiger partial charge is 0.441 e. The molecule has 3 aromatic rings. The predicted octanol–water partition coefficient (Wildman–Crippen LogP) is 3.35. The van der Waals surface area contributed by atoms with Crippen LogP contribution in [0.4, 0.5) is 4.39 Å². The Balaban J connectivity index is 1.64. The van der Waals surface area contributed by atoms with Crippen LogP contribution in [0.2, 0.25) is 0 Å². The Hall–Kier alpha value is -2.67. The van der Waals surface area contributed by atoms with Crippen LogP contribution in [-0.2, 0) is 6.42 Å². The average molecular weight is 266 g/mol. The van der Waals surface area contributed by atoms with Crippen molar-refractivity contribution in [3.05, 3.63) is 60.0 Å². The highest BCUT2D eigenvalue weighted by molar-refractivity contribution is 5.72. The van der Waals surface area contributed by atoms with Crippen molar-refractivity contribution in [2.45, 2.75) is 12.8 Å². The van der Waals surface area contributed by atoms with E-state index in [2.05, 4.69) is 21.8 Å². The lowest BCUT2D eigenvalue weighted by molar-refractivity contribution is 0.531. The first kappa shape index (κ1) is 12.4. The first-order chi connectivity index (χ1) is 9.81. The molecule has 20 heavy (non-hydrogen) atoms. The van der Waals surface area contributed by atoms with Gasteiger partial charge < -0.3 is 4.42 Å². The van der Waals surface area contributed by atoms with Crippen molar-refractivity contribution in [1.29, 1.82) is 0 Å². The third-order valence-corrected chi connectivity index (χ3v) is 2.75. The summed E-state index contributed by atoms with van der Waals surface area (Å²) in [5, 5.41) is 0. The Morgan fingerprint density at radius 2 is 2.05 bits per heavy atom. The van der Waals surface area contributed by atoms with E-state index in [1.165, 1.54) is 6.07 Å². The molecule has 0 aliphatic heterocycles. The Bertz CT molecular complexity index is 748. The van der Waals surface area contributed by atoms with Gasteiger partial charge in [-0.25, -0.2) is 14.4 Å².